The number of rotatable bonds is 6. The second kappa shape index (κ2) is 8.86. The Morgan fingerprint density at radius 1 is 1.19 bits per heavy atom. The Morgan fingerprint density at radius 2 is 2.00 bits per heavy atom. The zero-order valence-electron chi connectivity index (χ0n) is 15.7. The lowest BCUT2D eigenvalue weighted by molar-refractivity contribution is -0.139. The number of nitrogens with one attached hydrogen (secondary N) is 2. The van der Waals surface area contributed by atoms with Crippen molar-refractivity contribution in [2.45, 2.75) is 38.2 Å². The lowest BCUT2D eigenvalue weighted by atomic mass is 9.97. The molecule has 0 spiro atoms. The number of amides is 2. The number of benzene rings is 1. The lowest BCUT2D eigenvalue weighted by Crippen LogP contribution is -2.41. The van der Waals surface area contributed by atoms with Crippen LogP contribution in [0.15, 0.2) is 42.1 Å². The smallest absolute Gasteiger partial charge is 0.309 e. The monoisotopic (exact) mass is 369 g/mol. The van der Waals surface area contributed by atoms with E-state index in [0.717, 1.165) is 30.2 Å². The molecule has 3 N–H and O–H groups in total. The van der Waals surface area contributed by atoms with Gasteiger partial charge in [-0.05, 0) is 61.3 Å². The minimum atomic E-state index is -0.862. The molecule has 0 fully saturated rings. The molecule has 0 aliphatic heterocycles. The normalized spacial score (nSPS) is 15.3. The van der Waals surface area contributed by atoms with E-state index < -0.39 is 17.9 Å². The summed E-state index contributed by atoms with van der Waals surface area (Å²) in [4.78, 5) is 23.8. The van der Waals surface area contributed by atoms with Crippen molar-refractivity contribution in [3.8, 4) is 0 Å². The van der Waals surface area contributed by atoms with Crippen molar-refractivity contribution in [1.29, 1.82) is 0 Å². The third-order valence-corrected chi connectivity index (χ3v) is 5.07. The fourth-order valence-corrected chi connectivity index (χ4v) is 3.44. The summed E-state index contributed by atoms with van der Waals surface area (Å²) in [6, 6.07) is 7.63. The van der Waals surface area contributed by atoms with Crippen LogP contribution in [0.1, 0.15) is 43.8 Å². The first-order chi connectivity index (χ1) is 13.0. The number of nitrogens with zero attached hydrogens (tertiary/aromatic N) is 1. The number of allylic oxidation sites excluding steroid dienone is 1. The largest absolute Gasteiger partial charge is 0.387 e. The first kappa shape index (κ1) is 19.2. The number of fused-ring (bicyclic) bond motifs is 1. The molecule has 1 heterocycles. The zero-order valence-corrected chi connectivity index (χ0v) is 15.7. The van der Waals surface area contributed by atoms with Gasteiger partial charge in [0, 0.05) is 31.9 Å². The Hall–Kier alpha value is -2.60. The fraction of sp³-hybridized carbons (Fsp3) is 0.429. The number of aromatic nitrogens is 1. The number of aliphatic hydroxyl groups excluding tert-OH is 1. The van der Waals surface area contributed by atoms with E-state index in [1.807, 2.05) is 42.1 Å². The van der Waals surface area contributed by atoms with Gasteiger partial charge in [0.05, 0.1) is 6.10 Å². The maximum absolute atomic E-state index is 11.9. The van der Waals surface area contributed by atoms with Gasteiger partial charge in [-0.15, -0.1) is 0 Å². The van der Waals surface area contributed by atoms with Crippen LogP contribution >= 0.6 is 0 Å². The van der Waals surface area contributed by atoms with Crippen LogP contribution in [0.5, 0.6) is 0 Å². The number of hydrogen-bond donors (Lipinski definition) is 3. The van der Waals surface area contributed by atoms with E-state index in [0.29, 0.717) is 12.1 Å². The quantitative estimate of drug-likeness (QED) is 0.540. The van der Waals surface area contributed by atoms with Gasteiger partial charge in [-0.25, -0.2) is 0 Å². The number of carbonyl (C=O) groups excluding carboxylic acids is 2. The number of aliphatic hydroxyl groups is 1. The third-order valence-electron chi connectivity index (χ3n) is 5.07. The van der Waals surface area contributed by atoms with E-state index in [9.17, 15) is 14.7 Å². The summed E-state index contributed by atoms with van der Waals surface area (Å²) in [5.74, 6) is -1.37. The van der Waals surface area contributed by atoms with Gasteiger partial charge in [-0.3, -0.25) is 9.59 Å². The molecule has 0 bridgehead atoms. The van der Waals surface area contributed by atoms with Crippen molar-refractivity contribution < 1.29 is 14.7 Å². The predicted molar refractivity (Wildman–Crippen MR) is 105 cm³/mol. The van der Waals surface area contributed by atoms with Gasteiger partial charge < -0.3 is 20.3 Å². The highest BCUT2D eigenvalue weighted by atomic mass is 16.3. The topological polar surface area (TPSA) is 83.4 Å². The molecule has 1 atom stereocenters. The molecule has 0 unspecified atom stereocenters. The second-order valence-corrected chi connectivity index (χ2v) is 7.08. The number of aryl methyl sites for hydroxylation is 1. The van der Waals surface area contributed by atoms with Crippen molar-refractivity contribution in [2.75, 3.05) is 13.1 Å². The van der Waals surface area contributed by atoms with Crippen LogP contribution in [0.25, 0.3) is 10.9 Å². The lowest BCUT2D eigenvalue weighted by Gasteiger charge is -2.14. The molecule has 0 saturated carbocycles. The molecule has 6 heteroatoms. The van der Waals surface area contributed by atoms with Gasteiger partial charge in [-0.1, -0.05) is 17.7 Å². The third kappa shape index (κ3) is 4.98. The molecule has 0 saturated heterocycles. The van der Waals surface area contributed by atoms with Crippen LogP contribution in [0, 0.1) is 0 Å². The van der Waals surface area contributed by atoms with Crippen LogP contribution in [0.2, 0.25) is 0 Å². The first-order valence-corrected chi connectivity index (χ1v) is 9.51. The van der Waals surface area contributed by atoms with Crippen LogP contribution in [-0.2, 0) is 16.6 Å². The maximum atomic E-state index is 11.9. The molecule has 1 aliphatic rings. The molecule has 1 aromatic carbocycles. The number of carbonyl (C=O) groups is 2. The second-order valence-electron chi connectivity index (χ2n) is 7.08. The Bertz CT molecular complexity index is 853. The minimum Gasteiger partial charge on any atom is -0.387 e. The van der Waals surface area contributed by atoms with Crippen molar-refractivity contribution >= 4 is 22.7 Å². The van der Waals surface area contributed by atoms with Gasteiger partial charge in [0.15, 0.2) is 0 Å². The summed E-state index contributed by atoms with van der Waals surface area (Å²) in [6.07, 6.45) is 8.74. The molecular weight excluding hydrogens is 342 g/mol. The number of hydrogen-bond acceptors (Lipinski definition) is 3. The first-order valence-electron chi connectivity index (χ1n) is 9.51. The molecule has 2 aromatic rings. The van der Waals surface area contributed by atoms with Crippen LogP contribution in [0.4, 0.5) is 0 Å². The summed E-state index contributed by atoms with van der Waals surface area (Å²) in [5.41, 5.74) is 3.13. The highest BCUT2D eigenvalue weighted by Crippen LogP contribution is 2.21. The van der Waals surface area contributed by atoms with E-state index in [-0.39, 0.29) is 6.54 Å². The molecule has 6 nitrogen and oxygen atoms in total. The van der Waals surface area contributed by atoms with E-state index >= 15 is 0 Å². The Kier molecular flexibility index (Phi) is 6.29. The Balaban J connectivity index is 1.44. The van der Waals surface area contributed by atoms with E-state index in [1.54, 1.807) is 0 Å². The SMILES string of the molecule is Cn1ccc2cc([C@H](O)CNC(=O)C(=O)NCCC3=CCCCC3)ccc21. The van der Waals surface area contributed by atoms with Crippen molar-refractivity contribution in [1.82, 2.24) is 15.2 Å². The summed E-state index contributed by atoms with van der Waals surface area (Å²) in [7, 11) is 1.96. The molecule has 1 aliphatic carbocycles. The van der Waals surface area contributed by atoms with Crippen LogP contribution in [-0.4, -0.2) is 34.6 Å². The maximum Gasteiger partial charge on any atom is 0.309 e. The van der Waals surface area contributed by atoms with Gasteiger partial charge in [0.1, 0.15) is 0 Å². The van der Waals surface area contributed by atoms with Crippen molar-refractivity contribution in [2.24, 2.45) is 7.05 Å². The zero-order chi connectivity index (χ0) is 19.2. The highest BCUT2D eigenvalue weighted by molar-refractivity contribution is 6.35. The predicted octanol–water partition coefficient (Wildman–Crippen LogP) is 2.33. The summed E-state index contributed by atoms with van der Waals surface area (Å²) < 4.78 is 2.00. The highest BCUT2D eigenvalue weighted by Gasteiger charge is 2.16. The summed E-state index contributed by atoms with van der Waals surface area (Å²) >= 11 is 0. The average Bonchev–Trinajstić information content (AvgIpc) is 3.06. The molecule has 1 aromatic heterocycles. The van der Waals surface area contributed by atoms with E-state index in [2.05, 4.69) is 16.7 Å². The van der Waals surface area contributed by atoms with E-state index in [1.165, 1.54) is 18.4 Å². The van der Waals surface area contributed by atoms with Gasteiger partial charge >= 0.3 is 11.8 Å². The van der Waals surface area contributed by atoms with Crippen molar-refractivity contribution in [3.05, 3.63) is 47.7 Å². The molecule has 27 heavy (non-hydrogen) atoms. The Morgan fingerprint density at radius 3 is 2.78 bits per heavy atom. The minimum absolute atomic E-state index is 0.00422. The molecule has 144 valence electrons. The van der Waals surface area contributed by atoms with Crippen molar-refractivity contribution in [3.63, 3.8) is 0 Å². The molecular formula is C21H27N3O3. The molecule has 3 rings (SSSR count). The molecule has 0 radical (unpaired) electrons. The average molecular weight is 369 g/mol. The summed E-state index contributed by atoms with van der Waals surface area (Å²) in [5, 5.41) is 16.5. The fourth-order valence-electron chi connectivity index (χ4n) is 3.44. The standard InChI is InChI=1S/C21H27N3O3/c1-24-12-10-16-13-17(7-8-18(16)24)19(25)14-23-21(27)20(26)22-11-9-15-5-3-2-4-6-15/h5,7-8,10,12-13,19,25H,2-4,6,9,11,14H2,1H3,(H,22,26)(H,23,27)/t19-/m1/s1. The molecule has 2 amide bonds. The summed E-state index contributed by atoms with van der Waals surface area (Å²) in [6.45, 7) is 0.459. The van der Waals surface area contributed by atoms with Gasteiger partial charge in [0.2, 0.25) is 0 Å². The van der Waals surface area contributed by atoms with Crippen LogP contribution < -0.4 is 10.6 Å². The van der Waals surface area contributed by atoms with Gasteiger partial charge in [0.25, 0.3) is 0 Å². The van der Waals surface area contributed by atoms with Crippen LogP contribution in [0.3, 0.4) is 0 Å². The van der Waals surface area contributed by atoms with E-state index in [4.69, 9.17) is 0 Å². The van der Waals surface area contributed by atoms with Gasteiger partial charge in [-0.2, -0.15) is 0 Å². The Labute approximate surface area is 159 Å².